The van der Waals surface area contributed by atoms with E-state index in [1.54, 1.807) is 26.4 Å². The second-order valence-corrected chi connectivity index (χ2v) is 5.75. The van der Waals surface area contributed by atoms with Crippen molar-refractivity contribution in [2.24, 2.45) is 10.2 Å². The highest BCUT2D eigenvalue weighted by atomic mass is 16.5. The minimum Gasteiger partial charge on any atom is -0.507 e. The number of ether oxygens (including phenoxy) is 2. The first-order valence-electron chi connectivity index (χ1n) is 7.95. The van der Waals surface area contributed by atoms with E-state index in [9.17, 15) is 5.11 Å². The number of phenolic OH excluding ortho intramolecular Hbond substituents is 1. The number of fused-ring (bicyclic) bond motifs is 1. The Balaban J connectivity index is 2.07. The second kappa shape index (κ2) is 7.21. The van der Waals surface area contributed by atoms with Crippen molar-refractivity contribution in [3.63, 3.8) is 0 Å². The van der Waals surface area contributed by atoms with Crippen LogP contribution in [0.5, 0.6) is 17.2 Å². The summed E-state index contributed by atoms with van der Waals surface area (Å²) in [6.07, 6.45) is 4.36. The number of aromatic hydroxyl groups is 1. The molecular formula is C20H20N2O3. The van der Waals surface area contributed by atoms with Gasteiger partial charge in [0.25, 0.3) is 0 Å². The van der Waals surface area contributed by atoms with Crippen molar-refractivity contribution in [2.45, 2.75) is 13.3 Å². The lowest BCUT2D eigenvalue weighted by Gasteiger charge is -2.13. The summed E-state index contributed by atoms with van der Waals surface area (Å²) in [5.41, 5.74) is 4.34. The normalized spacial score (nSPS) is 13.7. The van der Waals surface area contributed by atoms with Gasteiger partial charge in [0, 0.05) is 23.3 Å². The Morgan fingerprint density at radius 3 is 2.44 bits per heavy atom. The molecule has 0 saturated carbocycles. The first kappa shape index (κ1) is 16.8. The predicted octanol–water partition coefficient (Wildman–Crippen LogP) is 3.84. The van der Waals surface area contributed by atoms with E-state index >= 15 is 0 Å². The second-order valence-electron chi connectivity index (χ2n) is 5.75. The molecule has 25 heavy (non-hydrogen) atoms. The predicted molar refractivity (Wildman–Crippen MR) is 100 cm³/mol. The van der Waals surface area contributed by atoms with E-state index in [1.807, 2.05) is 43.3 Å². The molecule has 5 nitrogen and oxygen atoms in total. The zero-order valence-electron chi connectivity index (χ0n) is 14.5. The van der Waals surface area contributed by atoms with Crippen LogP contribution in [-0.2, 0) is 6.42 Å². The van der Waals surface area contributed by atoms with Crippen LogP contribution in [0.1, 0.15) is 23.6 Å². The Kier molecular flexibility index (Phi) is 4.84. The zero-order valence-corrected chi connectivity index (χ0v) is 14.5. The van der Waals surface area contributed by atoms with Crippen molar-refractivity contribution in [3.05, 3.63) is 59.2 Å². The highest BCUT2D eigenvalue weighted by molar-refractivity contribution is 6.13. The molecule has 0 atom stereocenters. The molecule has 0 saturated heterocycles. The molecule has 1 aliphatic heterocycles. The Bertz CT molecular complexity index is 883. The number of nitrogens with zero attached hydrogens (tertiary/aromatic N) is 2. The molecule has 0 radical (unpaired) electrons. The van der Waals surface area contributed by atoms with Crippen LogP contribution in [0.4, 0.5) is 0 Å². The van der Waals surface area contributed by atoms with Gasteiger partial charge in [-0.05, 0) is 42.8 Å². The molecule has 3 rings (SSSR count). The first-order chi connectivity index (χ1) is 12.1. The summed E-state index contributed by atoms with van der Waals surface area (Å²) in [5.74, 6) is 1.55. The van der Waals surface area contributed by atoms with Gasteiger partial charge in [0.15, 0.2) is 11.5 Å². The fourth-order valence-corrected chi connectivity index (χ4v) is 2.73. The number of rotatable bonds is 4. The van der Waals surface area contributed by atoms with E-state index in [4.69, 9.17) is 9.47 Å². The molecule has 128 valence electrons. The summed E-state index contributed by atoms with van der Waals surface area (Å²) in [6, 6.07) is 11.0. The van der Waals surface area contributed by atoms with Crippen LogP contribution in [0.3, 0.4) is 0 Å². The Hall–Kier alpha value is -3.08. The minimum atomic E-state index is 0.222. The standard InChI is InChI=1S/C20H20N2O3/c1-13-10-15-11-19(24-2)20(25-3)12-16(15)17(22-21-13)9-8-14-6-4-5-7-18(14)23/h4-9,11-12,23H,10H2,1-3H3/b9-8+. The molecule has 0 unspecified atom stereocenters. The van der Waals surface area contributed by atoms with Crippen molar-refractivity contribution < 1.29 is 14.6 Å². The largest absolute Gasteiger partial charge is 0.507 e. The molecule has 0 amide bonds. The fraction of sp³-hybridized carbons (Fsp3) is 0.200. The third kappa shape index (κ3) is 3.55. The molecule has 0 aliphatic carbocycles. The highest BCUT2D eigenvalue weighted by Crippen LogP contribution is 2.32. The molecule has 0 bridgehead atoms. The summed E-state index contributed by atoms with van der Waals surface area (Å²) in [4.78, 5) is 0. The smallest absolute Gasteiger partial charge is 0.161 e. The van der Waals surface area contributed by atoms with E-state index in [0.29, 0.717) is 23.6 Å². The van der Waals surface area contributed by atoms with Gasteiger partial charge in [-0.2, -0.15) is 10.2 Å². The number of benzene rings is 2. The maximum Gasteiger partial charge on any atom is 0.161 e. The Morgan fingerprint density at radius 2 is 1.72 bits per heavy atom. The van der Waals surface area contributed by atoms with Gasteiger partial charge in [0.2, 0.25) is 0 Å². The maximum atomic E-state index is 9.93. The van der Waals surface area contributed by atoms with Crippen LogP contribution < -0.4 is 9.47 Å². The number of allylic oxidation sites excluding steroid dienone is 1. The number of phenols is 1. The van der Waals surface area contributed by atoms with E-state index in [0.717, 1.165) is 22.4 Å². The lowest BCUT2D eigenvalue weighted by Crippen LogP contribution is -2.05. The number of methoxy groups -OCH3 is 2. The van der Waals surface area contributed by atoms with Crippen LogP contribution in [0.2, 0.25) is 0 Å². The Morgan fingerprint density at radius 1 is 1.00 bits per heavy atom. The van der Waals surface area contributed by atoms with E-state index < -0.39 is 0 Å². The van der Waals surface area contributed by atoms with E-state index in [-0.39, 0.29) is 5.75 Å². The molecule has 0 spiro atoms. The van der Waals surface area contributed by atoms with Crippen molar-refractivity contribution >= 4 is 17.5 Å². The lowest BCUT2D eigenvalue weighted by molar-refractivity contribution is 0.354. The molecule has 2 aromatic carbocycles. The molecule has 1 N–H and O–H groups in total. The van der Waals surface area contributed by atoms with Gasteiger partial charge in [-0.1, -0.05) is 18.2 Å². The summed E-state index contributed by atoms with van der Waals surface area (Å²) in [5, 5.41) is 18.6. The van der Waals surface area contributed by atoms with Crippen LogP contribution in [-0.4, -0.2) is 30.7 Å². The summed E-state index contributed by atoms with van der Waals surface area (Å²) >= 11 is 0. The van der Waals surface area contributed by atoms with Gasteiger partial charge < -0.3 is 14.6 Å². The average molecular weight is 336 g/mol. The molecule has 5 heteroatoms. The monoisotopic (exact) mass is 336 g/mol. The first-order valence-corrected chi connectivity index (χ1v) is 7.95. The van der Waals surface area contributed by atoms with Gasteiger partial charge in [0.05, 0.1) is 19.9 Å². The number of hydrogen-bond donors (Lipinski definition) is 1. The summed E-state index contributed by atoms with van der Waals surface area (Å²) < 4.78 is 10.8. The van der Waals surface area contributed by atoms with Crippen molar-refractivity contribution in [3.8, 4) is 17.2 Å². The van der Waals surface area contributed by atoms with Gasteiger partial charge in [-0.15, -0.1) is 0 Å². The summed E-state index contributed by atoms with van der Waals surface area (Å²) in [6.45, 7) is 1.94. The van der Waals surface area contributed by atoms with Crippen LogP contribution in [0.25, 0.3) is 6.08 Å². The number of hydrogen-bond acceptors (Lipinski definition) is 5. The van der Waals surface area contributed by atoms with Gasteiger partial charge in [0.1, 0.15) is 5.75 Å². The Labute approximate surface area is 146 Å². The van der Waals surface area contributed by atoms with E-state index in [1.165, 1.54) is 0 Å². The van der Waals surface area contributed by atoms with Crippen LogP contribution in [0.15, 0.2) is 52.7 Å². The van der Waals surface area contributed by atoms with Crippen molar-refractivity contribution in [1.29, 1.82) is 0 Å². The molecular weight excluding hydrogens is 316 g/mol. The topological polar surface area (TPSA) is 63.4 Å². The molecule has 0 fully saturated rings. The van der Waals surface area contributed by atoms with Crippen molar-refractivity contribution in [2.75, 3.05) is 14.2 Å². The van der Waals surface area contributed by atoms with E-state index in [2.05, 4.69) is 10.2 Å². The van der Waals surface area contributed by atoms with Gasteiger partial charge in [-0.25, -0.2) is 0 Å². The fourth-order valence-electron chi connectivity index (χ4n) is 2.73. The third-order valence-corrected chi connectivity index (χ3v) is 4.02. The summed E-state index contributed by atoms with van der Waals surface area (Å²) in [7, 11) is 3.23. The molecule has 2 aromatic rings. The van der Waals surface area contributed by atoms with Crippen LogP contribution >= 0.6 is 0 Å². The molecule has 1 aliphatic rings. The third-order valence-electron chi connectivity index (χ3n) is 4.02. The van der Waals surface area contributed by atoms with Gasteiger partial charge in [-0.3, -0.25) is 0 Å². The quantitative estimate of drug-likeness (QED) is 0.922. The number of para-hydroxylation sites is 1. The maximum absolute atomic E-state index is 9.93. The zero-order chi connectivity index (χ0) is 17.8. The minimum absolute atomic E-state index is 0.222. The van der Waals surface area contributed by atoms with Gasteiger partial charge >= 0.3 is 0 Å². The lowest BCUT2D eigenvalue weighted by atomic mass is 9.97. The SMILES string of the molecule is COc1cc2c(cc1OC)C(/C=C/c1ccccc1O)=NN=C(C)C2. The highest BCUT2D eigenvalue weighted by Gasteiger charge is 2.17. The van der Waals surface area contributed by atoms with Crippen molar-refractivity contribution in [1.82, 2.24) is 0 Å². The van der Waals surface area contributed by atoms with Crippen LogP contribution in [0, 0.1) is 0 Å². The molecule has 1 heterocycles. The molecule has 0 aromatic heterocycles. The average Bonchev–Trinajstić information content (AvgIpc) is 2.77.